The molecule has 5 rings (SSSR count). The van der Waals surface area contributed by atoms with Crippen molar-refractivity contribution >= 4 is 38.2 Å². The van der Waals surface area contributed by atoms with Crippen LogP contribution in [-0.4, -0.2) is 80.8 Å². The molecule has 1 aromatic carbocycles. The lowest BCUT2D eigenvalue weighted by Crippen LogP contribution is -2.65. The molecule has 12 heteroatoms. The van der Waals surface area contributed by atoms with Crippen LogP contribution in [0.25, 0.3) is 22.0 Å². The Kier molecular flexibility index (Phi) is 7.68. The number of amides is 1. The third kappa shape index (κ3) is 5.35. The van der Waals surface area contributed by atoms with Crippen LogP contribution in [0.4, 0.5) is 15.8 Å². The van der Waals surface area contributed by atoms with Crippen LogP contribution in [-0.2, 0) is 20.2 Å². The number of likely N-dealkylation sites (N-methyl/N-ethyl adjacent to an activating group) is 1. The van der Waals surface area contributed by atoms with Crippen molar-refractivity contribution in [1.29, 1.82) is 0 Å². The largest absolute Gasteiger partial charge is 0.475 e. The minimum Gasteiger partial charge on any atom is -0.475 e. The fraction of sp³-hybridized carbons (Fsp3) is 0.483. The van der Waals surface area contributed by atoms with Crippen molar-refractivity contribution in [2.45, 2.75) is 51.6 Å². The number of benzene rings is 1. The van der Waals surface area contributed by atoms with Crippen LogP contribution in [0.15, 0.2) is 30.6 Å². The summed E-state index contributed by atoms with van der Waals surface area (Å²) in [5.74, 6) is -0.422. The van der Waals surface area contributed by atoms with Gasteiger partial charge in [0.2, 0.25) is 21.8 Å². The number of anilines is 2. The Hall–Kier alpha value is -3.35. The second-order valence-electron chi connectivity index (χ2n) is 11.4. The van der Waals surface area contributed by atoms with Gasteiger partial charge in [-0.1, -0.05) is 20.8 Å². The first-order chi connectivity index (χ1) is 19.3. The summed E-state index contributed by atoms with van der Waals surface area (Å²) in [4.78, 5) is 26.3. The minimum atomic E-state index is -3.67. The summed E-state index contributed by atoms with van der Waals surface area (Å²) in [6.45, 7) is 10.3. The molecule has 10 nitrogen and oxygen atoms in total. The first kappa shape index (κ1) is 29.2. The lowest BCUT2D eigenvalue weighted by Gasteiger charge is -2.49. The van der Waals surface area contributed by atoms with Gasteiger partial charge in [0, 0.05) is 73.1 Å². The summed E-state index contributed by atoms with van der Waals surface area (Å²) in [5, 5.41) is 3.92. The van der Waals surface area contributed by atoms with Crippen molar-refractivity contribution < 1.29 is 22.3 Å². The Labute approximate surface area is 240 Å². The molecule has 41 heavy (non-hydrogen) atoms. The van der Waals surface area contributed by atoms with E-state index in [2.05, 4.69) is 38.8 Å². The molecule has 2 aromatic heterocycles. The molecular formula is C29H37FN6O4S. The second kappa shape index (κ2) is 10.8. The zero-order valence-corrected chi connectivity index (χ0v) is 25.1. The fourth-order valence-electron chi connectivity index (χ4n) is 5.71. The van der Waals surface area contributed by atoms with Crippen LogP contribution >= 0.6 is 0 Å². The smallest absolute Gasteiger partial charge is 0.240 e. The lowest BCUT2D eigenvalue weighted by atomic mass is 9.72. The summed E-state index contributed by atoms with van der Waals surface area (Å²) in [7, 11) is -1.92. The lowest BCUT2D eigenvalue weighted by molar-refractivity contribution is -0.130. The van der Waals surface area contributed by atoms with Crippen LogP contribution in [0.2, 0.25) is 0 Å². The van der Waals surface area contributed by atoms with Crippen LogP contribution in [0.3, 0.4) is 0 Å². The number of sulfonamides is 1. The summed E-state index contributed by atoms with van der Waals surface area (Å²) >= 11 is 0. The molecule has 0 radical (unpaired) electrons. The van der Waals surface area contributed by atoms with E-state index < -0.39 is 21.3 Å². The molecule has 220 valence electrons. The molecule has 2 aliphatic heterocycles. The van der Waals surface area contributed by atoms with E-state index in [-0.39, 0.29) is 35.7 Å². The van der Waals surface area contributed by atoms with Gasteiger partial charge >= 0.3 is 0 Å². The molecule has 1 spiro atoms. The highest BCUT2D eigenvalue weighted by Gasteiger charge is 2.58. The van der Waals surface area contributed by atoms with Gasteiger partial charge in [-0.25, -0.2) is 17.8 Å². The van der Waals surface area contributed by atoms with Gasteiger partial charge in [0.05, 0.1) is 23.7 Å². The van der Waals surface area contributed by atoms with Crippen molar-refractivity contribution in [1.82, 2.24) is 20.2 Å². The molecule has 2 N–H and O–H groups in total. The van der Waals surface area contributed by atoms with Gasteiger partial charge < -0.3 is 15.0 Å². The topological polar surface area (TPSA) is 117 Å². The molecule has 1 saturated heterocycles. The van der Waals surface area contributed by atoms with Crippen LogP contribution < -0.4 is 19.7 Å². The number of aromatic nitrogens is 2. The summed E-state index contributed by atoms with van der Waals surface area (Å²) in [5.41, 5.74) is 2.01. The zero-order chi connectivity index (χ0) is 29.7. The van der Waals surface area contributed by atoms with Crippen molar-refractivity contribution in [3.8, 4) is 17.0 Å². The van der Waals surface area contributed by atoms with Crippen molar-refractivity contribution in [3.63, 3.8) is 0 Å². The molecule has 4 heterocycles. The molecular weight excluding hydrogens is 547 g/mol. The van der Waals surface area contributed by atoms with Gasteiger partial charge in [0.15, 0.2) is 0 Å². The average molecular weight is 585 g/mol. The molecule has 2 aliphatic rings. The monoisotopic (exact) mass is 584 g/mol. The van der Waals surface area contributed by atoms with Crippen LogP contribution in [0.1, 0.15) is 39.7 Å². The van der Waals surface area contributed by atoms with Crippen molar-refractivity contribution in [2.24, 2.45) is 0 Å². The Balaban J connectivity index is 1.58. The molecule has 1 fully saturated rings. The van der Waals surface area contributed by atoms with Gasteiger partial charge in [-0.2, -0.15) is 0 Å². The molecule has 0 bridgehead atoms. The van der Waals surface area contributed by atoms with Crippen LogP contribution in [0.5, 0.6) is 5.88 Å². The van der Waals surface area contributed by atoms with Gasteiger partial charge in [-0.05, 0) is 25.5 Å². The summed E-state index contributed by atoms with van der Waals surface area (Å²) in [6, 6.07) is 5.18. The molecule has 0 aliphatic carbocycles. The summed E-state index contributed by atoms with van der Waals surface area (Å²) < 4.78 is 48.0. The third-order valence-corrected chi connectivity index (χ3v) is 8.59. The highest BCUT2D eigenvalue weighted by atomic mass is 32.2. The normalized spacial score (nSPS) is 17.3. The van der Waals surface area contributed by atoms with E-state index in [0.29, 0.717) is 42.1 Å². The van der Waals surface area contributed by atoms with E-state index >= 15 is 4.39 Å². The Morgan fingerprint density at radius 1 is 1.15 bits per heavy atom. The summed E-state index contributed by atoms with van der Waals surface area (Å²) in [6.07, 6.45) is 5.11. The number of nitrogens with one attached hydrogen (secondary N) is 2. The number of likely N-dealkylation sites (tertiary alicyclic amines) is 1. The van der Waals surface area contributed by atoms with E-state index in [9.17, 15) is 13.2 Å². The number of halogens is 1. The van der Waals surface area contributed by atoms with Crippen molar-refractivity contribution in [2.75, 3.05) is 49.2 Å². The predicted molar refractivity (Wildman–Crippen MR) is 158 cm³/mol. The highest BCUT2D eigenvalue weighted by molar-refractivity contribution is 7.92. The number of carbonyl (C=O) groups is 1. The quantitative estimate of drug-likeness (QED) is 0.348. The third-order valence-electron chi connectivity index (χ3n) is 8.00. The fourth-order valence-corrected chi connectivity index (χ4v) is 6.26. The number of carbonyl (C=O) groups excluding carboxylic acids is 1. The van der Waals surface area contributed by atoms with E-state index in [1.807, 2.05) is 13.8 Å². The molecule has 0 saturated carbocycles. The number of nitrogens with zero attached hydrogens (tertiary/aromatic N) is 4. The maximum absolute atomic E-state index is 15.6. The molecule has 3 aromatic rings. The Bertz CT molecular complexity index is 1610. The minimum absolute atomic E-state index is 0.0157. The van der Waals surface area contributed by atoms with Crippen LogP contribution in [0, 0.1) is 5.82 Å². The molecule has 1 atom stereocenters. The van der Waals surface area contributed by atoms with E-state index in [1.54, 1.807) is 24.2 Å². The number of fused-ring (bicyclic) bond motifs is 4. The number of pyridine rings is 2. The molecule has 1 amide bonds. The van der Waals surface area contributed by atoms with E-state index in [4.69, 9.17) is 4.74 Å². The van der Waals surface area contributed by atoms with Gasteiger partial charge in [-0.3, -0.25) is 19.4 Å². The highest BCUT2D eigenvalue weighted by Crippen LogP contribution is 2.50. The Morgan fingerprint density at radius 2 is 1.88 bits per heavy atom. The average Bonchev–Trinajstić information content (AvgIpc) is 3.11. The van der Waals surface area contributed by atoms with E-state index in [1.165, 1.54) is 18.3 Å². The zero-order valence-electron chi connectivity index (χ0n) is 24.3. The number of ether oxygens (including phenoxy) is 1. The Morgan fingerprint density at radius 3 is 2.54 bits per heavy atom. The van der Waals surface area contributed by atoms with Gasteiger partial charge in [-0.15, -0.1) is 0 Å². The first-order valence-corrected chi connectivity index (χ1v) is 15.7. The molecule has 1 unspecified atom stereocenters. The van der Waals surface area contributed by atoms with E-state index in [0.717, 1.165) is 23.9 Å². The van der Waals surface area contributed by atoms with Gasteiger partial charge in [0.1, 0.15) is 23.5 Å². The SMILES string of the molecule is CCC(C)N1CC2(C1)C(=O)N(C)c1cnc3cc(F)c(-c4cnc(OCCNC(C)C)c(NS(C)(=O)=O)c4)cc3c12. The predicted octanol–water partition coefficient (Wildman–Crippen LogP) is 3.51. The van der Waals surface area contributed by atoms with Crippen molar-refractivity contribution in [3.05, 3.63) is 42.0 Å². The number of hydrogen-bond acceptors (Lipinski definition) is 8. The first-order valence-electron chi connectivity index (χ1n) is 13.8. The van der Waals surface area contributed by atoms with Gasteiger partial charge in [0.25, 0.3) is 0 Å². The standard InChI is InChI=1S/C29H37FN6O4S/c1-7-18(4)36-15-29(16-36)26-21-11-20(22(30)12-23(21)32-14-25(26)35(5)28(29)37)19-10-24(34-41(6,38)39)27(33-13-19)40-9-8-31-17(2)3/h10-14,17-18,31,34H,7-9,15-16H2,1-6H3. The maximum Gasteiger partial charge on any atom is 0.240 e. The maximum atomic E-state index is 15.6. The number of hydrogen-bond donors (Lipinski definition) is 2. The second-order valence-corrected chi connectivity index (χ2v) is 13.1. The number of rotatable bonds is 10.